The van der Waals surface area contributed by atoms with Crippen LogP contribution in [-0.2, 0) is 13.1 Å². The molecule has 8 nitrogen and oxygen atoms in total. The van der Waals surface area contributed by atoms with Gasteiger partial charge in [-0.15, -0.1) is 0 Å². The quantitative estimate of drug-likeness (QED) is 0.532. The number of hydrogen-bond acceptors (Lipinski definition) is 6. The number of benzene rings is 1. The zero-order valence-corrected chi connectivity index (χ0v) is 17.7. The Balaban J connectivity index is 1.31. The molecule has 31 heavy (non-hydrogen) atoms. The third kappa shape index (κ3) is 3.41. The van der Waals surface area contributed by atoms with Crippen LogP contribution in [0.15, 0.2) is 36.5 Å². The molecule has 3 aromatic heterocycles. The number of hydrogen-bond donors (Lipinski definition) is 1. The topological polar surface area (TPSA) is 84.8 Å². The highest BCUT2D eigenvalue weighted by atomic mass is 16.5. The summed E-state index contributed by atoms with van der Waals surface area (Å²) in [5, 5.41) is 13.5. The van der Waals surface area contributed by atoms with E-state index in [1.807, 2.05) is 38.2 Å². The second-order valence-electron chi connectivity index (χ2n) is 8.65. The van der Waals surface area contributed by atoms with Gasteiger partial charge in [0.2, 0.25) is 0 Å². The van der Waals surface area contributed by atoms with Crippen LogP contribution in [0.5, 0.6) is 5.75 Å². The Morgan fingerprint density at radius 2 is 2.03 bits per heavy atom. The van der Waals surface area contributed by atoms with Crippen molar-refractivity contribution in [2.24, 2.45) is 0 Å². The van der Waals surface area contributed by atoms with E-state index in [-0.39, 0.29) is 6.10 Å². The van der Waals surface area contributed by atoms with Gasteiger partial charge in [-0.3, -0.25) is 5.10 Å². The second kappa shape index (κ2) is 7.08. The first-order valence-electron chi connectivity index (χ1n) is 10.9. The molecule has 158 valence electrons. The minimum Gasteiger partial charge on any atom is -0.491 e. The Morgan fingerprint density at radius 1 is 1.13 bits per heavy atom. The molecule has 2 aliphatic rings. The van der Waals surface area contributed by atoms with Crippen LogP contribution >= 0.6 is 0 Å². The largest absolute Gasteiger partial charge is 0.491 e. The Labute approximate surface area is 180 Å². The first-order valence-corrected chi connectivity index (χ1v) is 10.9. The molecule has 6 rings (SSSR count). The molecule has 0 amide bonds. The number of anilines is 1. The molecule has 0 atom stereocenters. The van der Waals surface area contributed by atoms with Crippen LogP contribution in [0.25, 0.3) is 22.2 Å². The fraction of sp³-hybridized carbons (Fsp3) is 0.391. The van der Waals surface area contributed by atoms with Crippen LogP contribution in [0.2, 0.25) is 0 Å². The molecule has 1 aliphatic carbocycles. The van der Waals surface area contributed by atoms with E-state index in [4.69, 9.17) is 14.8 Å². The summed E-state index contributed by atoms with van der Waals surface area (Å²) < 4.78 is 7.94. The van der Waals surface area contributed by atoms with E-state index in [9.17, 15) is 0 Å². The number of pyridine rings is 1. The summed E-state index contributed by atoms with van der Waals surface area (Å²) in [5.74, 6) is 4.40. The van der Waals surface area contributed by atoms with Gasteiger partial charge in [0.15, 0.2) is 5.82 Å². The van der Waals surface area contributed by atoms with Crippen LogP contribution in [0.4, 0.5) is 5.82 Å². The highest BCUT2D eigenvalue weighted by molar-refractivity contribution is 5.94. The maximum atomic E-state index is 5.88. The van der Waals surface area contributed by atoms with E-state index in [1.165, 1.54) is 12.8 Å². The number of aromatic amines is 1. The predicted molar refractivity (Wildman–Crippen MR) is 118 cm³/mol. The Bertz CT molecular complexity index is 1250. The zero-order chi connectivity index (χ0) is 20.9. The predicted octanol–water partition coefficient (Wildman–Crippen LogP) is 3.90. The summed E-state index contributed by atoms with van der Waals surface area (Å²) in [6, 6.07) is 10.2. The standard InChI is InChI=1S/C23H25N7O/c1-14(2)31-17-5-6-19-18(12-17)22(27-26-19)16-7-8-24-20(11-16)29-9-10-30-21(13-29)25-23(28-30)15-3-4-15/h5-8,11-12,14-15H,3-4,9-10,13H2,1-2H3,(H,26,27). The van der Waals surface area contributed by atoms with Gasteiger partial charge in [0, 0.05) is 29.6 Å². The van der Waals surface area contributed by atoms with E-state index >= 15 is 0 Å². The van der Waals surface area contributed by atoms with Crippen molar-refractivity contribution < 1.29 is 4.74 Å². The van der Waals surface area contributed by atoms with E-state index in [0.717, 1.165) is 65.0 Å². The van der Waals surface area contributed by atoms with Gasteiger partial charge in [-0.1, -0.05) is 0 Å². The molecule has 1 N–H and O–H groups in total. The average molecular weight is 416 g/mol. The molecule has 1 aliphatic heterocycles. The Kier molecular flexibility index (Phi) is 4.19. The van der Waals surface area contributed by atoms with Crippen molar-refractivity contribution in [1.29, 1.82) is 0 Å². The van der Waals surface area contributed by atoms with Crippen LogP contribution in [0.1, 0.15) is 44.3 Å². The average Bonchev–Trinajstić information content (AvgIpc) is 3.40. The monoisotopic (exact) mass is 415 g/mol. The molecule has 1 fully saturated rings. The van der Waals surface area contributed by atoms with Crippen molar-refractivity contribution in [3.8, 4) is 17.0 Å². The fourth-order valence-corrected chi connectivity index (χ4v) is 4.16. The summed E-state index contributed by atoms with van der Waals surface area (Å²) in [6.07, 6.45) is 4.42. The Morgan fingerprint density at radius 3 is 2.87 bits per heavy atom. The number of nitrogens with zero attached hydrogens (tertiary/aromatic N) is 6. The first-order chi connectivity index (χ1) is 15.1. The summed E-state index contributed by atoms with van der Waals surface area (Å²) in [6.45, 7) is 6.49. The lowest BCUT2D eigenvalue weighted by Crippen LogP contribution is -2.34. The maximum absolute atomic E-state index is 5.88. The van der Waals surface area contributed by atoms with Crippen LogP contribution in [-0.4, -0.2) is 42.6 Å². The molecule has 0 bridgehead atoms. The fourth-order valence-electron chi connectivity index (χ4n) is 4.16. The molecule has 0 radical (unpaired) electrons. The first kappa shape index (κ1) is 18.4. The van der Waals surface area contributed by atoms with Crippen LogP contribution < -0.4 is 9.64 Å². The molecule has 8 heteroatoms. The molecule has 1 aromatic carbocycles. The van der Waals surface area contributed by atoms with E-state index in [0.29, 0.717) is 5.92 Å². The van der Waals surface area contributed by atoms with Crippen molar-refractivity contribution in [3.63, 3.8) is 0 Å². The maximum Gasteiger partial charge on any atom is 0.154 e. The molecule has 0 spiro atoms. The molecule has 1 saturated carbocycles. The molecule has 4 aromatic rings. The van der Waals surface area contributed by atoms with Crippen molar-refractivity contribution >= 4 is 16.7 Å². The van der Waals surface area contributed by atoms with Gasteiger partial charge in [0.1, 0.15) is 23.1 Å². The van der Waals surface area contributed by atoms with Gasteiger partial charge in [-0.2, -0.15) is 10.2 Å². The van der Waals surface area contributed by atoms with Crippen LogP contribution in [0, 0.1) is 0 Å². The SMILES string of the molecule is CC(C)Oc1ccc2[nH]nc(-c3ccnc(N4CCn5nc(C6CC6)nc5C4)c3)c2c1. The highest BCUT2D eigenvalue weighted by Crippen LogP contribution is 2.38. The van der Waals surface area contributed by atoms with E-state index in [1.54, 1.807) is 0 Å². The van der Waals surface area contributed by atoms with Gasteiger partial charge < -0.3 is 9.64 Å². The molecular formula is C23H25N7O. The molecule has 0 saturated heterocycles. The number of rotatable bonds is 5. The van der Waals surface area contributed by atoms with Crippen molar-refractivity contribution in [1.82, 2.24) is 29.9 Å². The third-order valence-electron chi connectivity index (χ3n) is 5.87. The highest BCUT2D eigenvalue weighted by Gasteiger charge is 2.30. The lowest BCUT2D eigenvalue weighted by molar-refractivity contribution is 0.243. The van der Waals surface area contributed by atoms with E-state index in [2.05, 4.69) is 36.9 Å². The number of ether oxygens (including phenoxy) is 1. The summed E-state index contributed by atoms with van der Waals surface area (Å²) >= 11 is 0. The molecular weight excluding hydrogens is 390 g/mol. The number of fused-ring (bicyclic) bond motifs is 2. The number of aromatic nitrogens is 6. The van der Waals surface area contributed by atoms with E-state index < -0.39 is 0 Å². The number of H-pyrrole nitrogens is 1. The zero-order valence-electron chi connectivity index (χ0n) is 17.7. The smallest absolute Gasteiger partial charge is 0.154 e. The number of nitrogens with one attached hydrogen (secondary N) is 1. The molecule has 0 unspecified atom stereocenters. The lowest BCUT2D eigenvalue weighted by atomic mass is 10.1. The van der Waals surface area contributed by atoms with Crippen molar-refractivity contribution in [3.05, 3.63) is 48.2 Å². The van der Waals surface area contributed by atoms with Crippen LogP contribution in [0.3, 0.4) is 0 Å². The van der Waals surface area contributed by atoms with Gasteiger partial charge >= 0.3 is 0 Å². The van der Waals surface area contributed by atoms with Gasteiger partial charge in [0.25, 0.3) is 0 Å². The summed E-state index contributed by atoms with van der Waals surface area (Å²) in [5.41, 5.74) is 2.93. The second-order valence-corrected chi connectivity index (χ2v) is 8.65. The van der Waals surface area contributed by atoms with Gasteiger partial charge in [0.05, 0.1) is 24.7 Å². The van der Waals surface area contributed by atoms with Gasteiger partial charge in [-0.05, 0) is 57.0 Å². The Hall–Kier alpha value is -3.42. The summed E-state index contributed by atoms with van der Waals surface area (Å²) in [7, 11) is 0. The lowest BCUT2D eigenvalue weighted by Gasteiger charge is -2.27. The van der Waals surface area contributed by atoms with Crippen molar-refractivity contribution in [2.45, 2.75) is 51.8 Å². The molecule has 4 heterocycles. The van der Waals surface area contributed by atoms with Gasteiger partial charge in [-0.25, -0.2) is 14.6 Å². The minimum absolute atomic E-state index is 0.127. The third-order valence-corrected chi connectivity index (χ3v) is 5.87. The normalized spacial score (nSPS) is 16.2. The van der Waals surface area contributed by atoms with Crippen molar-refractivity contribution in [2.75, 3.05) is 11.4 Å². The summed E-state index contributed by atoms with van der Waals surface area (Å²) in [4.78, 5) is 11.7. The minimum atomic E-state index is 0.127.